The Balaban J connectivity index is 1.40. The van der Waals surface area contributed by atoms with Gasteiger partial charge in [0.2, 0.25) is 5.91 Å². The minimum Gasteiger partial charge on any atom is -0.457 e. The van der Waals surface area contributed by atoms with Crippen molar-refractivity contribution in [2.45, 2.75) is 0 Å². The second kappa shape index (κ2) is 9.35. The molecule has 0 fully saturated rings. The van der Waals surface area contributed by atoms with Crippen LogP contribution in [0.5, 0.6) is 0 Å². The van der Waals surface area contributed by atoms with Gasteiger partial charge in [-0.3, -0.25) is 10.1 Å². The zero-order chi connectivity index (χ0) is 21.8. The minimum atomic E-state index is -0.378. The summed E-state index contributed by atoms with van der Waals surface area (Å²) in [5, 5.41) is 8.85. The van der Waals surface area contributed by atoms with Crippen molar-refractivity contribution in [3.63, 3.8) is 0 Å². The van der Waals surface area contributed by atoms with Gasteiger partial charge >= 0.3 is 0 Å². The number of carbonyl (C=O) groups is 1. The van der Waals surface area contributed by atoms with Crippen LogP contribution in [-0.4, -0.2) is 11.0 Å². The van der Waals surface area contributed by atoms with Crippen molar-refractivity contribution in [1.82, 2.24) is 5.32 Å². The Labute approximate surface area is 194 Å². The summed E-state index contributed by atoms with van der Waals surface area (Å²) in [6.45, 7) is 0. The summed E-state index contributed by atoms with van der Waals surface area (Å²) < 4.78 is 5.75. The molecule has 0 radical (unpaired) electrons. The zero-order valence-corrected chi connectivity index (χ0v) is 18.4. The van der Waals surface area contributed by atoms with Gasteiger partial charge in [0.1, 0.15) is 11.5 Å². The topological polar surface area (TPSA) is 54.3 Å². The van der Waals surface area contributed by atoms with Crippen molar-refractivity contribution in [3.8, 4) is 11.3 Å². The number of benzene rings is 3. The van der Waals surface area contributed by atoms with Crippen LogP contribution in [-0.2, 0) is 4.79 Å². The summed E-state index contributed by atoms with van der Waals surface area (Å²) in [6.07, 6.45) is 2.90. The molecule has 0 aliphatic heterocycles. The van der Waals surface area contributed by atoms with E-state index >= 15 is 0 Å². The predicted octanol–water partition coefficient (Wildman–Crippen LogP) is 6.93. The molecule has 4 rings (SSSR count). The molecule has 2 N–H and O–H groups in total. The van der Waals surface area contributed by atoms with Gasteiger partial charge in [-0.25, -0.2) is 0 Å². The SMILES string of the molecule is O=C(C=Cc1ccc(-c2cccc(Cl)c2Cl)o1)NC(=S)Nc1cccc2ccccc12. The Bertz CT molecular complexity index is 1310. The smallest absolute Gasteiger partial charge is 0.250 e. The van der Waals surface area contributed by atoms with E-state index in [4.69, 9.17) is 39.8 Å². The molecular weight excluding hydrogens is 451 g/mol. The summed E-state index contributed by atoms with van der Waals surface area (Å²) in [5.74, 6) is 0.672. The van der Waals surface area contributed by atoms with Crippen LogP contribution >= 0.6 is 35.4 Å². The summed E-state index contributed by atoms with van der Waals surface area (Å²) >= 11 is 17.6. The minimum absolute atomic E-state index is 0.205. The fourth-order valence-corrected chi connectivity index (χ4v) is 3.68. The van der Waals surface area contributed by atoms with Gasteiger partial charge in [0, 0.05) is 22.7 Å². The maximum Gasteiger partial charge on any atom is 0.250 e. The van der Waals surface area contributed by atoms with E-state index in [0.29, 0.717) is 27.1 Å². The van der Waals surface area contributed by atoms with E-state index in [-0.39, 0.29) is 11.0 Å². The Morgan fingerprint density at radius 1 is 0.935 bits per heavy atom. The fourth-order valence-electron chi connectivity index (χ4n) is 3.08. The highest BCUT2D eigenvalue weighted by molar-refractivity contribution is 7.80. The van der Waals surface area contributed by atoms with Crippen LogP contribution in [0, 0.1) is 0 Å². The molecule has 31 heavy (non-hydrogen) atoms. The van der Waals surface area contributed by atoms with Crippen LogP contribution in [0.1, 0.15) is 5.76 Å². The van der Waals surface area contributed by atoms with Crippen LogP contribution in [0.4, 0.5) is 5.69 Å². The number of rotatable bonds is 4. The van der Waals surface area contributed by atoms with Crippen LogP contribution < -0.4 is 10.6 Å². The van der Waals surface area contributed by atoms with Gasteiger partial charge < -0.3 is 9.73 Å². The fraction of sp³-hybridized carbons (Fsp3) is 0. The first-order valence-electron chi connectivity index (χ1n) is 9.33. The molecule has 154 valence electrons. The Morgan fingerprint density at radius 3 is 2.58 bits per heavy atom. The lowest BCUT2D eigenvalue weighted by Gasteiger charge is -2.10. The van der Waals surface area contributed by atoms with E-state index in [9.17, 15) is 4.79 Å². The number of hydrogen-bond donors (Lipinski definition) is 2. The van der Waals surface area contributed by atoms with E-state index in [1.165, 1.54) is 6.08 Å². The normalized spacial score (nSPS) is 11.0. The predicted molar refractivity (Wildman–Crippen MR) is 132 cm³/mol. The van der Waals surface area contributed by atoms with E-state index in [0.717, 1.165) is 16.5 Å². The Hall–Kier alpha value is -3.12. The van der Waals surface area contributed by atoms with Gasteiger partial charge in [-0.1, -0.05) is 65.7 Å². The molecule has 1 aromatic heterocycles. The molecule has 1 amide bonds. The summed E-state index contributed by atoms with van der Waals surface area (Å²) in [6, 6.07) is 22.6. The molecule has 4 aromatic rings. The molecule has 0 bridgehead atoms. The van der Waals surface area contributed by atoms with Gasteiger partial charge in [0.25, 0.3) is 0 Å². The van der Waals surface area contributed by atoms with Crippen LogP contribution in [0.3, 0.4) is 0 Å². The first kappa shape index (κ1) is 21.1. The summed E-state index contributed by atoms with van der Waals surface area (Å²) in [4.78, 5) is 12.3. The second-order valence-corrected chi connectivity index (χ2v) is 7.80. The van der Waals surface area contributed by atoms with Crippen molar-refractivity contribution in [2.24, 2.45) is 0 Å². The lowest BCUT2D eigenvalue weighted by atomic mass is 10.1. The molecule has 0 spiro atoms. The molecule has 4 nitrogen and oxygen atoms in total. The van der Waals surface area contributed by atoms with E-state index < -0.39 is 0 Å². The number of anilines is 1. The van der Waals surface area contributed by atoms with E-state index in [2.05, 4.69) is 10.6 Å². The van der Waals surface area contributed by atoms with Crippen molar-refractivity contribution in [1.29, 1.82) is 0 Å². The molecular formula is C24H16Cl2N2O2S. The second-order valence-electron chi connectivity index (χ2n) is 6.61. The number of halogens is 2. The first-order chi connectivity index (χ1) is 15.0. The highest BCUT2D eigenvalue weighted by Crippen LogP contribution is 2.34. The highest BCUT2D eigenvalue weighted by Gasteiger charge is 2.10. The van der Waals surface area contributed by atoms with Crippen molar-refractivity contribution in [2.75, 3.05) is 5.32 Å². The quantitative estimate of drug-likeness (QED) is 0.252. The van der Waals surface area contributed by atoms with Gasteiger partial charge in [-0.15, -0.1) is 0 Å². The number of hydrogen-bond acceptors (Lipinski definition) is 3. The Kier molecular flexibility index (Phi) is 6.37. The maximum absolute atomic E-state index is 12.3. The largest absolute Gasteiger partial charge is 0.457 e. The zero-order valence-electron chi connectivity index (χ0n) is 16.1. The van der Waals surface area contributed by atoms with Crippen molar-refractivity contribution < 1.29 is 9.21 Å². The first-order valence-corrected chi connectivity index (χ1v) is 10.5. The van der Waals surface area contributed by atoms with E-state index in [1.54, 1.807) is 30.3 Å². The third kappa shape index (κ3) is 4.97. The molecule has 0 atom stereocenters. The lowest BCUT2D eigenvalue weighted by Crippen LogP contribution is -2.32. The standard InChI is InChI=1S/C24H16Cl2N2O2S/c25-19-9-4-8-18(23(19)26)21-13-11-16(30-21)12-14-22(29)28-24(31)27-20-10-3-6-15-5-1-2-7-17(15)20/h1-14H,(H2,27,28,29,31). The lowest BCUT2D eigenvalue weighted by molar-refractivity contribution is -0.115. The third-order valence-corrected chi connectivity index (χ3v) is 5.54. The monoisotopic (exact) mass is 466 g/mol. The maximum atomic E-state index is 12.3. The van der Waals surface area contributed by atoms with Crippen molar-refractivity contribution >= 4 is 69.0 Å². The number of amides is 1. The summed E-state index contributed by atoms with van der Waals surface area (Å²) in [5.41, 5.74) is 1.50. The van der Waals surface area contributed by atoms with Crippen molar-refractivity contribution in [3.05, 3.63) is 94.7 Å². The molecule has 0 saturated carbocycles. The average molecular weight is 467 g/mol. The molecule has 7 heteroatoms. The van der Waals surface area contributed by atoms with Gasteiger partial charge in [0.15, 0.2) is 5.11 Å². The summed E-state index contributed by atoms with van der Waals surface area (Å²) in [7, 11) is 0. The average Bonchev–Trinajstić information content (AvgIpc) is 3.23. The number of thiocarbonyl (C=S) groups is 1. The van der Waals surface area contributed by atoms with Crippen LogP contribution in [0.15, 0.2) is 83.3 Å². The molecule has 1 heterocycles. The van der Waals surface area contributed by atoms with Gasteiger partial charge in [-0.2, -0.15) is 0 Å². The Morgan fingerprint density at radius 2 is 1.71 bits per heavy atom. The molecule has 0 aliphatic carbocycles. The van der Waals surface area contributed by atoms with Crippen LogP contribution in [0.2, 0.25) is 10.0 Å². The van der Waals surface area contributed by atoms with Gasteiger partial charge in [0.05, 0.1) is 10.0 Å². The van der Waals surface area contributed by atoms with E-state index in [1.807, 2.05) is 48.5 Å². The molecule has 0 unspecified atom stereocenters. The molecule has 0 saturated heterocycles. The molecule has 3 aromatic carbocycles. The number of furan rings is 1. The third-order valence-electron chi connectivity index (χ3n) is 4.52. The molecule has 0 aliphatic rings. The van der Waals surface area contributed by atoms with Crippen LogP contribution in [0.25, 0.3) is 28.2 Å². The number of fused-ring (bicyclic) bond motifs is 1. The number of carbonyl (C=O) groups excluding carboxylic acids is 1. The number of nitrogens with one attached hydrogen (secondary N) is 2. The highest BCUT2D eigenvalue weighted by atomic mass is 35.5. The van der Waals surface area contributed by atoms with Gasteiger partial charge in [-0.05, 0) is 54.0 Å².